The summed E-state index contributed by atoms with van der Waals surface area (Å²) in [6.45, 7) is 41.0. The topological polar surface area (TPSA) is 393 Å². The molecule has 42 heteroatoms. The molecule has 2 aromatic rings. The van der Waals surface area contributed by atoms with Crippen LogP contribution in [-0.4, -0.2) is 213 Å². The first-order valence-corrected chi connectivity index (χ1v) is 45.5. The van der Waals surface area contributed by atoms with Crippen LogP contribution in [0.25, 0.3) is 0 Å². The Labute approximate surface area is 683 Å². The zero-order valence-corrected chi connectivity index (χ0v) is 76.4. The van der Waals surface area contributed by atoms with Gasteiger partial charge in [0.05, 0.1) is 39.6 Å². The van der Waals surface area contributed by atoms with E-state index in [-0.39, 0.29) is 91.5 Å². The molecule has 0 amide bonds. The number of alkyl halides is 2. The summed E-state index contributed by atoms with van der Waals surface area (Å²) in [5, 5.41) is 21.4. The lowest BCUT2D eigenvalue weighted by atomic mass is 9.95. The van der Waals surface area contributed by atoms with E-state index in [1.807, 2.05) is 88.1 Å². The van der Waals surface area contributed by atoms with E-state index in [1.165, 1.54) is 37.6 Å². The number of nitrogens with one attached hydrogen (secondary N) is 2. The molecule has 1 unspecified atom stereocenters. The summed E-state index contributed by atoms with van der Waals surface area (Å²) in [5.41, 5.74) is -10.2. The van der Waals surface area contributed by atoms with Gasteiger partial charge in [-0.25, -0.2) is 27.6 Å². The van der Waals surface area contributed by atoms with Gasteiger partial charge in [0.1, 0.15) is 30.5 Å². The number of rotatable bonds is 36. The molecule has 5 heterocycles. The van der Waals surface area contributed by atoms with Gasteiger partial charge in [-0.3, -0.25) is 71.0 Å². The Balaban J connectivity index is 0.000000446. The molecule has 0 spiro atoms. The van der Waals surface area contributed by atoms with E-state index < -0.39 is 136 Å². The lowest BCUT2D eigenvalue weighted by molar-refractivity contribution is -0.300. The second-order valence-corrected chi connectivity index (χ2v) is 43.6. The van der Waals surface area contributed by atoms with Crippen molar-refractivity contribution in [3.8, 4) is 0 Å². The number of aliphatic hydroxyl groups is 2. The molecule has 5 rings (SSSR count). The van der Waals surface area contributed by atoms with Gasteiger partial charge in [-0.15, -0.1) is 0 Å². The third-order valence-corrected chi connectivity index (χ3v) is 27.5. The maximum Gasteiger partial charge on any atom is 0.475 e. The Bertz CT molecular complexity index is 3590. The molecule has 31 nitrogen and oxygen atoms in total. The van der Waals surface area contributed by atoms with Gasteiger partial charge < -0.3 is 56.5 Å². The summed E-state index contributed by atoms with van der Waals surface area (Å²) < 4.78 is 122. The van der Waals surface area contributed by atoms with Gasteiger partial charge in [0.2, 0.25) is 0 Å². The van der Waals surface area contributed by atoms with Crippen molar-refractivity contribution in [2.45, 2.75) is 232 Å². The zero-order chi connectivity index (χ0) is 85.8. The largest absolute Gasteiger partial charge is 0.475 e. The maximum absolute atomic E-state index is 16.6. The molecule has 9 atom stereocenters. The molecule has 112 heavy (non-hydrogen) atoms. The summed E-state index contributed by atoms with van der Waals surface area (Å²) in [6, 6.07) is 2.58. The van der Waals surface area contributed by atoms with Crippen molar-refractivity contribution in [3.63, 3.8) is 0 Å². The maximum atomic E-state index is 16.6. The normalized spacial score (nSPS) is 23.2. The van der Waals surface area contributed by atoms with E-state index in [0.717, 1.165) is 83.1 Å². The van der Waals surface area contributed by atoms with Gasteiger partial charge in [-0.1, -0.05) is 195 Å². The number of H-pyrrole nitrogens is 2. The average molecular weight is 1770 g/mol. The van der Waals surface area contributed by atoms with Gasteiger partial charge in [-0.05, 0) is 41.5 Å². The average Bonchev–Trinajstić information content (AvgIpc) is 1.56. The molecule has 0 aromatic carbocycles. The van der Waals surface area contributed by atoms with Crippen LogP contribution in [0, 0.1) is 32.5 Å². The summed E-state index contributed by atoms with van der Waals surface area (Å²) in [6.07, 6.45) is -4.81. The van der Waals surface area contributed by atoms with Gasteiger partial charge in [0.25, 0.3) is 37.8 Å². The van der Waals surface area contributed by atoms with E-state index in [2.05, 4.69) is 37.3 Å². The van der Waals surface area contributed by atoms with Crippen LogP contribution in [0.3, 0.4) is 0 Å². The predicted octanol–water partition coefficient (Wildman–Crippen LogP) is 12.3. The standard InChI is InChI=1S/C26H40FN2O11PS2.C24H38FN2O11PS2.C20H40NO4PS2/c1-23(2,3)19(31)42-13-11-35-41(36-12-14-43-20(32)24(4,5)6)37-15-26(27)17-25(7,40-22(34-8)38-17)18(39-26)29-10-9-16(30)28-21(29)33;1-21(2,3)18(30)40-12-10-35-39(34,36-11-13-41-19(31)22(4,5)6)37-14-24(25)16(29)23(7,33)17(38-24)27-9-8-15(28)26-20(27)32;1-15(2)21(16(3)4)26(24-11-13-27-17(22)19(5,6)7)25-12-14-28-18(23)20(8,9)10/h9-10,17-18,22H,11-15H2,1-8H3,(H,28,30,33);8-9,16-17,29,33H,10-14H2,1-7H3,(H,26,28,32);15-16H,11-14H2,1-10H3/t17-,18+,22?,25+,26+;16-,17+,23+,24+;/m00./s1. The fourth-order valence-electron chi connectivity index (χ4n) is 9.32. The molecule has 0 aliphatic carbocycles. The fraction of sp³-hybridized carbons (Fsp3) is 0.800. The molecule has 3 aliphatic heterocycles. The van der Waals surface area contributed by atoms with Crippen LogP contribution in [-0.2, 0) is 93.2 Å². The first-order chi connectivity index (χ1) is 51.2. The molecule has 0 saturated carbocycles. The monoisotopic (exact) mass is 1770 g/mol. The number of aliphatic hydroxyl groups excluding tert-OH is 1. The second-order valence-electron chi connectivity index (χ2n) is 32.9. The minimum atomic E-state index is -4.57. The molecular weight excluding hydrogens is 1650 g/mol. The van der Waals surface area contributed by atoms with Crippen molar-refractivity contribution in [2.75, 3.05) is 94.5 Å². The molecule has 3 aliphatic rings. The SMILES string of the molecule is CC(C)(C)C(=O)SCCOP(=O)(OCCSC(=O)C(C)(C)C)OC[C@@]1(F)O[C@@H](n2ccc(=O)[nH]c2=O)[C@](C)(O)[C@@H]1O.CC(C)N(C(C)C)P(OCCSC(=O)C(C)(C)C)OCCSC(=O)C(C)(C)C.COC1O[C@H]2[C@@](C)(O1)[C@H](n1ccc(=O)[nH]c1=O)O[C@]2(F)COP(OCCSC(=O)C(C)(C)C)OCCSC(=O)C(C)(C)C. The number of nitrogens with zero attached hydrogens (tertiary/aromatic N) is 3. The van der Waals surface area contributed by atoms with Crippen molar-refractivity contribution in [1.29, 1.82) is 0 Å². The van der Waals surface area contributed by atoms with Crippen LogP contribution < -0.4 is 22.5 Å². The smallest absolute Gasteiger partial charge is 0.384 e. The number of halogens is 2. The molecule has 2 aromatic heterocycles. The van der Waals surface area contributed by atoms with Crippen LogP contribution in [0.4, 0.5) is 8.78 Å². The highest BCUT2D eigenvalue weighted by Crippen LogP contribution is 2.56. The number of thioether (sulfide) groups is 6. The number of phosphoric acid groups is 1. The number of carbonyl (C=O) groups is 6. The first-order valence-electron chi connectivity index (χ1n) is 35.9. The molecule has 3 fully saturated rings. The summed E-state index contributed by atoms with van der Waals surface area (Å²) in [4.78, 5) is 125. The van der Waals surface area contributed by atoms with Crippen molar-refractivity contribution >= 4 is 126 Å². The van der Waals surface area contributed by atoms with E-state index in [0.29, 0.717) is 40.8 Å². The highest BCUT2D eigenvalue weighted by atomic mass is 32.2. The summed E-state index contributed by atoms with van der Waals surface area (Å²) >= 11 is 6.68. The predicted molar refractivity (Wildman–Crippen MR) is 435 cm³/mol. The lowest BCUT2D eigenvalue weighted by Gasteiger charge is -2.35. The van der Waals surface area contributed by atoms with Crippen LogP contribution in [0.5, 0.6) is 0 Å². The number of aromatic amines is 2. The van der Waals surface area contributed by atoms with Gasteiger partial charge >= 0.3 is 27.8 Å². The van der Waals surface area contributed by atoms with E-state index in [1.54, 1.807) is 41.5 Å². The van der Waals surface area contributed by atoms with E-state index >= 15 is 8.78 Å². The van der Waals surface area contributed by atoms with Crippen molar-refractivity contribution in [2.24, 2.45) is 32.5 Å². The molecule has 4 N–H and O–H groups in total. The third kappa shape index (κ3) is 32.7. The van der Waals surface area contributed by atoms with Gasteiger partial charge in [-0.2, -0.15) is 0 Å². The second kappa shape index (κ2) is 44.4. The quantitative estimate of drug-likeness (QED) is 0.0363. The zero-order valence-electron chi connectivity index (χ0n) is 68.8. The Morgan fingerprint density at radius 1 is 0.527 bits per heavy atom. The molecule has 0 bridgehead atoms. The lowest BCUT2D eigenvalue weighted by Crippen LogP contribution is -2.50. The summed E-state index contributed by atoms with van der Waals surface area (Å²) in [7, 11) is -6.67. The van der Waals surface area contributed by atoms with Crippen LogP contribution >= 0.6 is 95.5 Å². The molecule has 3 saturated heterocycles. The number of aromatic nitrogens is 4. The highest BCUT2D eigenvalue weighted by Gasteiger charge is 2.71. The van der Waals surface area contributed by atoms with Crippen LogP contribution in [0.1, 0.15) is 179 Å². The Hall–Kier alpha value is -2.21. The van der Waals surface area contributed by atoms with Gasteiger partial charge in [0, 0.05) is 111 Å². The number of carbonyl (C=O) groups excluding carboxylic acids is 6. The molecular formula is C70H118F2N5O26P3S6. The summed E-state index contributed by atoms with van der Waals surface area (Å²) in [5.74, 6) is -3.92. The van der Waals surface area contributed by atoms with E-state index in [9.17, 15) is 62.7 Å². The van der Waals surface area contributed by atoms with Crippen molar-refractivity contribution in [1.82, 2.24) is 23.8 Å². The van der Waals surface area contributed by atoms with Gasteiger partial charge in [0.15, 0.2) is 49.3 Å². The number of ether oxygens (including phenoxy) is 5. The first kappa shape index (κ1) is 104. The molecule has 0 radical (unpaired) electrons. The van der Waals surface area contributed by atoms with E-state index in [4.69, 9.17) is 59.9 Å². The number of hydrogen-bond acceptors (Lipinski definition) is 33. The fourth-order valence-corrected chi connectivity index (χ4v) is 18.5. The minimum Gasteiger partial charge on any atom is -0.384 e. The van der Waals surface area contributed by atoms with Crippen LogP contribution in [0.15, 0.2) is 43.7 Å². The Morgan fingerprint density at radius 3 is 1.19 bits per heavy atom. The molecule has 644 valence electrons. The number of fused-ring (bicyclic) bond motifs is 1. The van der Waals surface area contributed by atoms with Crippen molar-refractivity contribution in [3.05, 3.63) is 66.2 Å². The Morgan fingerprint density at radius 2 is 0.857 bits per heavy atom. The van der Waals surface area contributed by atoms with Crippen LogP contribution in [0.2, 0.25) is 0 Å². The number of hydrogen-bond donors (Lipinski definition) is 4. The number of phosphoric ester groups is 1. The third-order valence-electron chi connectivity index (χ3n) is 15.4. The Kier molecular flexibility index (Phi) is 41.2. The minimum absolute atomic E-state index is 0.0182. The highest BCUT2D eigenvalue weighted by molar-refractivity contribution is 8.15. The number of methoxy groups -OCH3 is 1. The van der Waals surface area contributed by atoms with Crippen molar-refractivity contribution < 1.29 is 112 Å².